The topological polar surface area (TPSA) is 121 Å². The van der Waals surface area contributed by atoms with Gasteiger partial charge in [0.25, 0.3) is 0 Å². The molecule has 0 aliphatic carbocycles. The van der Waals surface area contributed by atoms with Crippen molar-refractivity contribution >= 4 is 69.6 Å². The van der Waals surface area contributed by atoms with Crippen molar-refractivity contribution in [3.63, 3.8) is 0 Å². The van der Waals surface area contributed by atoms with Gasteiger partial charge in [0.2, 0.25) is 0 Å². The molecule has 0 fully saturated rings. The fourth-order valence-corrected chi connectivity index (χ4v) is 3.40. The minimum absolute atomic E-state index is 0. The van der Waals surface area contributed by atoms with Gasteiger partial charge in [-0.3, -0.25) is 0 Å². The Hall–Kier alpha value is -3.45. The van der Waals surface area contributed by atoms with E-state index in [-0.39, 0.29) is 55.6 Å². The molecular weight excluding hydrogens is 925 g/mol. The molecule has 0 amide bonds. The predicted molar refractivity (Wildman–Crippen MR) is 199 cm³/mol. The van der Waals surface area contributed by atoms with Gasteiger partial charge in [0.15, 0.2) is 0 Å². The van der Waals surface area contributed by atoms with E-state index >= 15 is 0 Å². The number of rotatable bonds is 0. The molecule has 0 aliphatic heterocycles. The Balaban J connectivity index is 0.000000562. The zero-order valence-electron chi connectivity index (χ0n) is 25.2. The van der Waals surface area contributed by atoms with E-state index in [9.17, 15) is 0 Å². The summed E-state index contributed by atoms with van der Waals surface area (Å²) in [4.78, 5) is 0. The summed E-state index contributed by atoms with van der Waals surface area (Å²) in [5.41, 5.74) is 0. The van der Waals surface area contributed by atoms with Crippen molar-refractivity contribution in [3.8, 4) is 34.5 Å². The smallest absolute Gasteiger partial charge is 0.115 e. The Labute approximate surface area is 329 Å². The molecule has 0 radical (unpaired) electrons. The minimum Gasteiger partial charge on any atom is -0.508 e. The monoisotopic (exact) mass is 952 g/mol. The summed E-state index contributed by atoms with van der Waals surface area (Å²) < 4.78 is 0. The standard InChI is InChI=1S/6C6H5ClO.W/c6*7-5-1-3-6(8)4-2-5;/h6*1-4,8H;. The van der Waals surface area contributed by atoms with Crippen molar-refractivity contribution in [2.75, 3.05) is 0 Å². The normalized spacial score (nSPS) is 8.94. The first-order chi connectivity index (χ1) is 22.7. The molecule has 0 spiro atoms. The third-order valence-electron chi connectivity index (χ3n) is 4.96. The molecule has 0 saturated carbocycles. The zero-order chi connectivity index (χ0) is 35.9. The predicted octanol–water partition coefficient (Wildman–Crippen LogP) is 12.3. The van der Waals surface area contributed by atoms with Crippen LogP contribution in [0.5, 0.6) is 34.5 Å². The van der Waals surface area contributed by atoms with Crippen LogP contribution < -0.4 is 0 Å². The molecule has 0 bridgehead atoms. The largest absolute Gasteiger partial charge is 0.508 e. The van der Waals surface area contributed by atoms with Crippen LogP contribution in [0.3, 0.4) is 0 Å². The molecule has 0 aromatic heterocycles. The fourth-order valence-electron chi connectivity index (χ4n) is 2.65. The van der Waals surface area contributed by atoms with Gasteiger partial charge in [-0.2, -0.15) is 0 Å². The maximum absolute atomic E-state index is 8.70. The average molecular weight is 955 g/mol. The number of halogens is 6. The van der Waals surface area contributed by atoms with E-state index in [1.165, 1.54) is 0 Å². The molecule has 0 atom stereocenters. The van der Waals surface area contributed by atoms with Crippen LogP contribution in [0.2, 0.25) is 30.1 Å². The second kappa shape index (κ2) is 26.4. The average Bonchev–Trinajstić information content (AvgIpc) is 3.07. The quantitative estimate of drug-likeness (QED) is 0.0902. The van der Waals surface area contributed by atoms with Gasteiger partial charge in [-0.05, 0) is 146 Å². The van der Waals surface area contributed by atoms with Crippen LogP contribution in [0.25, 0.3) is 0 Å². The second-order valence-electron chi connectivity index (χ2n) is 8.86. The van der Waals surface area contributed by atoms with E-state index in [0.29, 0.717) is 30.1 Å². The summed E-state index contributed by atoms with van der Waals surface area (Å²) in [6.45, 7) is 0. The number of benzene rings is 6. The van der Waals surface area contributed by atoms with E-state index in [4.69, 9.17) is 100 Å². The number of phenolic OH excluding ortho intramolecular Hbond substituents is 6. The molecule has 0 unspecified atom stereocenters. The van der Waals surface area contributed by atoms with E-state index in [0.717, 1.165) is 0 Å². The van der Waals surface area contributed by atoms with Crippen molar-refractivity contribution in [3.05, 3.63) is 176 Å². The van der Waals surface area contributed by atoms with Crippen LogP contribution in [0, 0.1) is 0 Å². The summed E-state index contributed by atoms with van der Waals surface area (Å²) in [5, 5.41) is 56.0. The van der Waals surface area contributed by atoms with E-state index < -0.39 is 0 Å². The first-order valence-electron chi connectivity index (χ1n) is 13.4. The van der Waals surface area contributed by atoms with Crippen molar-refractivity contribution < 1.29 is 51.7 Å². The third kappa shape index (κ3) is 25.2. The number of aromatic hydroxyl groups is 6. The number of hydrogen-bond acceptors (Lipinski definition) is 6. The SMILES string of the molecule is Oc1ccc(Cl)cc1.Oc1ccc(Cl)cc1.Oc1ccc(Cl)cc1.Oc1ccc(Cl)cc1.Oc1ccc(Cl)cc1.Oc1ccc(Cl)cc1.[W]. The second-order valence-corrected chi connectivity index (χ2v) is 11.5. The van der Waals surface area contributed by atoms with E-state index in [1.807, 2.05) is 0 Å². The Morgan fingerprint density at radius 1 is 0.204 bits per heavy atom. The number of hydrogen-bond donors (Lipinski definition) is 6. The van der Waals surface area contributed by atoms with Gasteiger partial charge >= 0.3 is 0 Å². The Morgan fingerprint density at radius 2 is 0.286 bits per heavy atom. The fraction of sp³-hybridized carbons (Fsp3) is 0. The van der Waals surface area contributed by atoms with Crippen LogP contribution in [0.4, 0.5) is 0 Å². The molecule has 49 heavy (non-hydrogen) atoms. The molecule has 6 nitrogen and oxygen atoms in total. The van der Waals surface area contributed by atoms with Crippen LogP contribution in [-0.2, 0) is 21.1 Å². The molecule has 6 aromatic rings. The van der Waals surface area contributed by atoms with Gasteiger partial charge in [-0.15, -0.1) is 0 Å². The maximum atomic E-state index is 8.70. The molecule has 6 rings (SSSR count). The minimum atomic E-state index is 0. The van der Waals surface area contributed by atoms with Crippen LogP contribution >= 0.6 is 69.6 Å². The van der Waals surface area contributed by atoms with Crippen LogP contribution in [0.15, 0.2) is 146 Å². The summed E-state index contributed by atoms with van der Waals surface area (Å²) in [6.07, 6.45) is 0. The summed E-state index contributed by atoms with van der Waals surface area (Å²) in [6, 6.07) is 38.2. The van der Waals surface area contributed by atoms with Gasteiger partial charge in [0, 0.05) is 51.2 Å². The summed E-state index contributed by atoms with van der Waals surface area (Å²) in [5.74, 6) is 1.47. The molecule has 6 N–H and O–H groups in total. The molecule has 0 heterocycles. The molecule has 0 saturated heterocycles. The van der Waals surface area contributed by atoms with Crippen molar-refractivity contribution in [1.82, 2.24) is 0 Å². The molecule has 6 aromatic carbocycles. The summed E-state index contributed by atoms with van der Waals surface area (Å²) >= 11 is 33.0. The van der Waals surface area contributed by atoms with Crippen molar-refractivity contribution in [2.45, 2.75) is 0 Å². The molecule has 13 heteroatoms. The maximum Gasteiger partial charge on any atom is 0.115 e. The molecule has 0 aliphatic rings. The van der Waals surface area contributed by atoms with Gasteiger partial charge in [0.1, 0.15) is 34.5 Å². The van der Waals surface area contributed by atoms with Crippen molar-refractivity contribution in [2.24, 2.45) is 0 Å². The first kappa shape index (κ1) is 45.5. The van der Waals surface area contributed by atoms with Crippen molar-refractivity contribution in [1.29, 1.82) is 0 Å². The Bertz CT molecular complexity index is 1230. The third-order valence-corrected chi connectivity index (χ3v) is 6.47. The van der Waals surface area contributed by atoms with Crippen LogP contribution in [0.1, 0.15) is 0 Å². The van der Waals surface area contributed by atoms with Gasteiger partial charge in [0.05, 0.1) is 0 Å². The molecular formula is C36H30Cl6O6W. The zero-order valence-corrected chi connectivity index (χ0v) is 32.7. The number of phenols is 6. The van der Waals surface area contributed by atoms with E-state index in [2.05, 4.69) is 0 Å². The Kier molecular flexibility index (Phi) is 24.6. The van der Waals surface area contributed by atoms with Crippen LogP contribution in [-0.4, -0.2) is 30.6 Å². The van der Waals surface area contributed by atoms with Gasteiger partial charge < -0.3 is 30.6 Å². The van der Waals surface area contributed by atoms with Gasteiger partial charge in [-0.25, -0.2) is 0 Å². The first-order valence-corrected chi connectivity index (χ1v) is 15.7. The van der Waals surface area contributed by atoms with E-state index in [1.54, 1.807) is 146 Å². The van der Waals surface area contributed by atoms with Gasteiger partial charge in [-0.1, -0.05) is 69.6 Å². The Morgan fingerprint density at radius 3 is 0.347 bits per heavy atom. The summed E-state index contributed by atoms with van der Waals surface area (Å²) in [7, 11) is 0. The molecule has 258 valence electrons.